The summed E-state index contributed by atoms with van der Waals surface area (Å²) >= 11 is 0. The molecule has 0 aromatic heterocycles. The molecule has 0 aliphatic heterocycles. The van der Waals surface area contributed by atoms with Gasteiger partial charge in [0.1, 0.15) is 5.75 Å². The SMILES string of the molecule is CCCCCCCCCOc1c(C)cccc1CNC. The van der Waals surface area contributed by atoms with E-state index in [4.69, 9.17) is 4.74 Å². The third kappa shape index (κ3) is 6.42. The van der Waals surface area contributed by atoms with Gasteiger partial charge < -0.3 is 10.1 Å². The molecule has 0 atom stereocenters. The van der Waals surface area contributed by atoms with Crippen LogP contribution in [0.4, 0.5) is 0 Å². The van der Waals surface area contributed by atoms with E-state index in [1.807, 2.05) is 7.05 Å². The van der Waals surface area contributed by atoms with Crippen molar-refractivity contribution >= 4 is 0 Å². The summed E-state index contributed by atoms with van der Waals surface area (Å²) in [5.74, 6) is 1.08. The Kier molecular flexibility index (Phi) is 9.14. The molecule has 20 heavy (non-hydrogen) atoms. The summed E-state index contributed by atoms with van der Waals surface area (Å²) in [5, 5.41) is 3.20. The number of nitrogens with one attached hydrogen (secondary N) is 1. The average Bonchev–Trinajstić information content (AvgIpc) is 2.44. The highest BCUT2D eigenvalue weighted by atomic mass is 16.5. The first kappa shape index (κ1) is 17.0. The van der Waals surface area contributed by atoms with Crippen LogP contribution in [0.3, 0.4) is 0 Å². The van der Waals surface area contributed by atoms with Gasteiger partial charge >= 0.3 is 0 Å². The largest absolute Gasteiger partial charge is 0.493 e. The lowest BCUT2D eigenvalue weighted by Gasteiger charge is -2.14. The first-order chi connectivity index (χ1) is 9.79. The van der Waals surface area contributed by atoms with Crippen LogP contribution in [-0.2, 0) is 6.54 Å². The van der Waals surface area contributed by atoms with Crippen LogP contribution >= 0.6 is 0 Å². The summed E-state index contributed by atoms with van der Waals surface area (Å²) in [7, 11) is 1.97. The molecule has 0 spiro atoms. The van der Waals surface area contributed by atoms with Crippen molar-refractivity contribution in [3.05, 3.63) is 29.3 Å². The minimum absolute atomic E-state index is 0.843. The highest BCUT2D eigenvalue weighted by Crippen LogP contribution is 2.23. The number of unbranched alkanes of at least 4 members (excludes halogenated alkanes) is 6. The maximum atomic E-state index is 6.01. The lowest BCUT2D eigenvalue weighted by atomic mass is 10.1. The van der Waals surface area contributed by atoms with Crippen molar-refractivity contribution in [1.82, 2.24) is 5.32 Å². The van der Waals surface area contributed by atoms with Gasteiger partial charge in [-0.2, -0.15) is 0 Å². The molecule has 0 aliphatic carbocycles. The van der Waals surface area contributed by atoms with Crippen LogP contribution in [0.1, 0.15) is 63.0 Å². The molecule has 2 nitrogen and oxygen atoms in total. The van der Waals surface area contributed by atoms with E-state index >= 15 is 0 Å². The summed E-state index contributed by atoms with van der Waals surface area (Å²) in [6.07, 6.45) is 9.28. The summed E-state index contributed by atoms with van der Waals surface area (Å²) in [4.78, 5) is 0. The molecule has 0 saturated carbocycles. The van der Waals surface area contributed by atoms with Gasteiger partial charge in [-0.25, -0.2) is 0 Å². The first-order valence-corrected chi connectivity index (χ1v) is 8.15. The number of aryl methyl sites for hydroxylation is 1. The fourth-order valence-corrected chi connectivity index (χ4v) is 2.48. The highest BCUT2D eigenvalue weighted by Gasteiger charge is 2.05. The smallest absolute Gasteiger partial charge is 0.126 e. The number of ether oxygens (including phenoxy) is 1. The van der Waals surface area contributed by atoms with E-state index in [1.54, 1.807) is 0 Å². The average molecular weight is 277 g/mol. The Morgan fingerprint density at radius 3 is 2.40 bits per heavy atom. The van der Waals surface area contributed by atoms with E-state index in [1.165, 1.54) is 56.1 Å². The van der Waals surface area contributed by atoms with E-state index in [9.17, 15) is 0 Å². The quantitative estimate of drug-likeness (QED) is 0.584. The third-order valence-electron chi connectivity index (χ3n) is 3.65. The Morgan fingerprint density at radius 1 is 1.00 bits per heavy atom. The lowest BCUT2D eigenvalue weighted by Crippen LogP contribution is -2.09. The van der Waals surface area contributed by atoms with Gasteiger partial charge in [0.25, 0.3) is 0 Å². The lowest BCUT2D eigenvalue weighted by molar-refractivity contribution is 0.299. The van der Waals surface area contributed by atoms with Crippen LogP contribution in [0.5, 0.6) is 5.75 Å². The molecule has 1 rings (SSSR count). The summed E-state index contributed by atoms with van der Waals surface area (Å²) in [6.45, 7) is 6.10. The second-order valence-corrected chi connectivity index (χ2v) is 5.56. The molecule has 2 heteroatoms. The van der Waals surface area contributed by atoms with Gasteiger partial charge in [0, 0.05) is 12.1 Å². The topological polar surface area (TPSA) is 21.3 Å². The van der Waals surface area contributed by atoms with Gasteiger partial charge in [0.05, 0.1) is 6.61 Å². The van der Waals surface area contributed by atoms with Crippen LogP contribution in [0.15, 0.2) is 18.2 Å². The Hall–Kier alpha value is -1.02. The standard InChI is InChI=1S/C18H31NO/c1-4-5-6-7-8-9-10-14-20-18-16(2)12-11-13-17(18)15-19-3/h11-13,19H,4-10,14-15H2,1-3H3. The molecule has 1 aromatic carbocycles. The summed E-state index contributed by atoms with van der Waals surface area (Å²) in [5.41, 5.74) is 2.50. The molecule has 0 bridgehead atoms. The van der Waals surface area contributed by atoms with Gasteiger partial charge in [0.2, 0.25) is 0 Å². The van der Waals surface area contributed by atoms with Crippen LogP contribution in [0.25, 0.3) is 0 Å². The third-order valence-corrected chi connectivity index (χ3v) is 3.65. The van der Waals surface area contributed by atoms with Gasteiger partial charge in [-0.05, 0) is 26.0 Å². The van der Waals surface area contributed by atoms with Crippen molar-refractivity contribution in [2.45, 2.75) is 65.3 Å². The molecular formula is C18H31NO. The van der Waals surface area contributed by atoms with Crippen molar-refractivity contribution in [3.8, 4) is 5.75 Å². The van der Waals surface area contributed by atoms with Crippen LogP contribution in [0.2, 0.25) is 0 Å². The molecular weight excluding hydrogens is 246 g/mol. The molecule has 0 aliphatic rings. The van der Waals surface area contributed by atoms with Crippen molar-refractivity contribution in [2.75, 3.05) is 13.7 Å². The van der Waals surface area contributed by atoms with Crippen LogP contribution < -0.4 is 10.1 Å². The number of hydrogen-bond acceptors (Lipinski definition) is 2. The van der Waals surface area contributed by atoms with Crippen LogP contribution in [0, 0.1) is 6.92 Å². The molecule has 1 N–H and O–H groups in total. The van der Waals surface area contributed by atoms with Crippen molar-refractivity contribution in [2.24, 2.45) is 0 Å². The van der Waals surface area contributed by atoms with E-state index in [-0.39, 0.29) is 0 Å². The zero-order valence-corrected chi connectivity index (χ0v) is 13.5. The second kappa shape index (κ2) is 10.7. The van der Waals surface area contributed by atoms with E-state index in [2.05, 4.69) is 37.4 Å². The normalized spacial score (nSPS) is 10.8. The minimum atomic E-state index is 0.843. The predicted molar refractivity (Wildman–Crippen MR) is 87.4 cm³/mol. The van der Waals surface area contributed by atoms with Crippen molar-refractivity contribution < 1.29 is 4.74 Å². The molecule has 0 radical (unpaired) electrons. The maximum absolute atomic E-state index is 6.01. The second-order valence-electron chi connectivity index (χ2n) is 5.56. The number of benzene rings is 1. The number of para-hydroxylation sites is 1. The Bertz CT molecular complexity index is 362. The van der Waals surface area contributed by atoms with Crippen LogP contribution in [-0.4, -0.2) is 13.7 Å². The molecule has 0 amide bonds. The Balaban J connectivity index is 2.24. The summed E-state index contributed by atoms with van der Waals surface area (Å²) < 4.78 is 6.01. The monoisotopic (exact) mass is 277 g/mol. The predicted octanol–water partition coefficient (Wildman–Crippen LogP) is 4.84. The molecule has 0 fully saturated rings. The molecule has 1 aromatic rings. The van der Waals surface area contributed by atoms with Crippen molar-refractivity contribution in [1.29, 1.82) is 0 Å². The fraction of sp³-hybridized carbons (Fsp3) is 0.667. The minimum Gasteiger partial charge on any atom is -0.493 e. The Labute approximate surface area is 124 Å². The van der Waals surface area contributed by atoms with E-state index in [0.29, 0.717) is 0 Å². The highest BCUT2D eigenvalue weighted by molar-refractivity contribution is 5.40. The van der Waals surface area contributed by atoms with E-state index < -0.39 is 0 Å². The van der Waals surface area contributed by atoms with E-state index in [0.717, 1.165) is 18.9 Å². The zero-order chi connectivity index (χ0) is 14.6. The molecule has 114 valence electrons. The van der Waals surface area contributed by atoms with Crippen molar-refractivity contribution in [3.63, 3.8) is 0 Å². The first-order valence-electron chi connectivity index (χ1n) is 8.15. The molecule has 0 saturated heterocycles. The summed E-state index contributed by atoms with van der Waals surface area (Å²) in [6, 6.07) is 6.37. The van der Waals surface area contributed by atoms with Gasteiger partial charge in [0.15, 0.2) is 0 Å². The number of rotatable bonds is 11. The van der Waals surface area contributed by atoms with Gasteiger partial charge in [-0.1, -0.05) is 63.6 Å². The molecule has 0 heterocycles. The molecule has 0 unspecified atom stereocenters. The fourth-order valence-electron chi connectivity index (χ4n) is 2.48. The maximum Gasteiger partial charge on any atom is 0.126 e. The Morgan fingerprint density at radius 2 is 1.70 bits per heavy atom. The zero-order valence-electron chi connectivity index (χ0n) is 13.5. The van der Waals surface area contributed by atoms with Gasteiger partial charge in [-0.3, -0.25) is 0 Å². The van der Waals surface area contributed by atoms with Gasteiger partial charge in [-0.15, -0.1) is 0 Å². The number of hydrogen-bond donors (Lipinski definition) is 1.